The predicted molar refractivity (Wildman–Crippen MR) is 103 cm³/mol. The Labute approximate surface area is 169 Å². The summed E-state index contributed by atoms with van der Waals surface area (Å²) in [5.41, 5.74) is -2.08. The summed E-state index contributed by atoms with van der Waals surface area (Å²) < 4.78 is 40.4. The summed E-state index contributed by atoms with van der Waals surface area (Å²) in [6, 6.07) is 15.1. The second kappa shape index (κ2) is 8.21. The average Bonchev–Trinajstić information content (AvgIpc) is 2.72. The highest BCUT2D eigenvalue weighted by molar-refractivity contribution is 5.57. The Bertz CT molecular complexity index is 1210. The van der Waals surface area contributed by atoms with Gasteiger partial charge in [0, 0.05) is 5.56 Å². The van der Waals surface area contributed by atoms with Crippen LogP contribution in [0.1, 0.15) is 22.3 Å². The highest BCUT2D eigenvalue weighted by atomic mass is 19.4. The molecule has 1 heterocycles. The molecule has 0 fully saturated rings. The zero-order valence-corrected chi connectivity index (χ0v) is 15.7. The van der Waals surface area contributed by atoms with E-state index in [1.165, 1.54) is 19.1 Å². The van der Waals surface area contributed by atoms with E-state index in [1.807, 2.05) is 0 Å². The Kier molecular flexibility index (Phi) is 5.69. The van der Waals surface area contributed by atoms with Crippen molar-refractivity contribution < 1.29 is 18.3 Å². The molecule has 2 aromatic carbocycles. The van der Waals surface area contributed by atoms with Gasteiger partial charge in [0.25, 0.3) is 5.56 Å². The number of aromatic nitrogens is 1. The maximum atomic E-state index is 13.2. The molecular weight excluding hydrogens is 397 g/mol. The van der Waals surface area contributed by atoms with E-state index in [9.17, 15) is 28.3 Å². The first-order valence-corrected chi connectivity index (χ1v) is 8.72. The molecule has 1 aromatic heterocycles. The van der Waals surface area contributed by atoms with Crippen LogP contribution in [0.25, 0.3) is 0 Å². The first-order chi connectivity index (χ1) is 14.2. The molecule has 0 amide bonds. The van der Waals surface area contributed by atoms with Crippen molar-refractivity contribution in [3.05, 3.63) is 87.2 Å². The molecule has 3 rings (SSSR count). The van der Waals surface area contributed by atoms with Crippen LogP contribution in [-0.2, 0) is 12.7 Å². The summed E-state index contributed by atoms with van der Waals surface area (Å²) >= 11 is 0. The minimum Gasteiger partial charge on any atom is -0.493 e. The minimum absolute atomic E-state index is 0.0255. The fraction of sp³-hybridized carbons (Fsp3) is 0.143. The van der Waals surface area contributed by atoms with Gasteiger partial charge in [0.15, 0.2) is 5.69 Å². The lowest BCUT2D eigenvalue weighted by Gasteiger charge is -2.13. The fourth-order valence-electron chi connectivity index (χ4n) is 2.87. The normalized spacial score (nSPS) is 11.6. The van der Waals surface area contributed by atoms with Gasteiger partial charge in [0.1, 0.15) is 11.6 Å². The number of nitrogens with zero attached hydrogens (tertiary/aromatic N) is 4. The number of hydrogen-bond donors (Lipinski definition) is 1. The van der Waals surface area contributed by atoms with Gasteiger partial charge in [-0.25, -0.2) is 0 Å². The van der Waals surface area contributed by atoms with E-state index in [2.05, 4.69) is 10.2 Å². The van der Waals surface area contributed by atoms with Crippen LogP contribution >= 0.6 is 0 Å². The van der Waals surface area contributed by atoms with Crippen molar-refractivity contribution in [2.45, 2.75) is 19.6 Å². The second-order valence-electron chi connectivity index (χ2n) is 6.38. The highest BCUT2D eigenvalue weighted by Crippen LogP contribution is 2.37. The van der Waals surface area contributed by atoms with E-state index in [1.54, 1.807) is 36.4 Å². The Morgan fingerprint density at radius 3 is 2.33 bits per heavy atom. The van der Waals surface area contributed by atoms with Gasteiger partial charge in [-0.1, -0.05) is 42.5 Å². The maximum absolute atomic E-state index is 13.2. The molecule has 6 nitrogen and oxygen atoms in total. The van der Waals surface area contributed by atoms with Gasteiger partial charge in [-0.2, -0.15) is 18.4 Å². The summed E-state index contributed by atoms with van der Waals surface area (Å²) in [7, 11) is 0. The van der Waals surface area contributed by atoms with Crippen molar-refractivity contribution in [3.8, 4) is 11.9 Å². The van der Waals surface area contributed by atoms with Crippen LogP contribution in [0.4, 0.5) is 24.5 Å². The summed E-state index contributed by atoms with van der Waals surface area (Å²) in [5, 5.41) is 27.1. The van der Waals surface area contributed by atoms with Gasteiger partial charge in [0.05, 0.1) is 17.8 Å². The van der Waals surface area contributed by atoms with E-state index in [4.69, 9.17) is 0 Å². The number of benzene rings is 2. The zero-order chi connectivity index (χ0) is 21.9. The van der Waals surface area contributed by atoms with Crippen LogP contribution in [0.5, 0.6) is 5.88 Å². The lowest BCUT2D eigenvalue weighted by atomic mass is 10.1. The molecule has 9 heteroatoms. The zero-order valence-electron chi connectivity index (χ0n) is 15.7. The number of pyridine rings is 1. The van der Waals surface area contributed by atoms with Crippen molar-refractivity contribution in [3.63, 3.8) is 0 Å². The number of alkyl halides is 3. The maximum Gasteiger partial charge on any atom is 0.418 e. The summed E-state index contributed by atoms with van der Waals surface area (Å²) in [5.74, 6) is -0.543. The Morgan fingerprint density at radius 2 is 1.70 bits per heavy atom. The van der Waals surface area contributed by atoms with Crippen LogP contribution < -0.4 is 5.56 Å². The lowest BCUT2D eigenvalue weighted by Crippen LogP contribution is -2.22. The van der Waals surface area contributed by atoms with Gasteiger partial charge in [-0.05, 0) is 24.6 Å². The lowest BCUT2D eigenvalue weighted by molar-refractivity contribution is -0.137. The smallest absolute Gasteiger partial charge is 0.418 e. The van der Waals surface area contributed by atoms with Crippen LogP contribution in [0.3, 0.4) is 0 Å². The minimum atomic E-state index is -4.65. The highest BCUT2D eigenvalue weighted by Gasteiger charge is 2.33. The second-order valence-corrected chi connectivity index (χ2v) is 6.38. The first-order valence-electron chi connectivity index (χ1n) is 8.72. The summed E-state index contributed by atoms with van der Waals surface area (Å²) in [6.45, 7) is 1.32. The summed E-state index contributed by atoms with van der Waals surface area (Å²) in [6.07, 6.45) is -4.65. The summed E-state index contributed by atoms with van der Waals surface area (Å²) in [4.78, 5) is 12.9. The van der Waals surface area contributed by atoms with E-state index >= 15 is 0 Å². The van der Waals surface area contributed by atoms with Gasteiger partial charge >= 0.3 is 6.18 Å². The van der Waals surface area contributed by atoms with Crippen LogP contribution in [-0.4, -0.2) is 9.67 Å². The van der Waals surface area contributed by atoms with Crippen LogP contribution in [0.2, 0.25) is 0 Å². The molecule has 0 saturated heterocycles. The van der Waals surface area contributed by atoms with Crippen LogP contribution in [0, 0.1) is 18.3 Å². The Morgan fingerprint density at radius 1 is 1.07 bits per heavy atom. The van der Waals surface area contributed by atoms with Crippen molar-refractivity contribution >= 4 is 11.4 Å². The van der Waals surface area contributed by atoms with Gasteiger partial charge in [-0.15, -0.1) is 10.2 Å². The van der Waals surface area contributed by atoms with E-state index in [0.717, 1.165) is 16.7 Å². The average molecular weight is 412 g/mol. The number of hydrogen-bond acceptors (Lipinski definition) is 5. The SMILES string of the molecule is Cc1c(C#N)c(O)n(Cc2ccccc2)c(=O)c1N=Nc1ccccc1C(F)(F)F. The van der Waals surface area contributed by atoms with E-state index in [0.29, 0.717) is 5.56 Å². The molecule has 30 heavy (non-hydrogen) atoms. The van der Waals surface area contributed by atoms with E-state index < -0.39 is 28.9 Å². The van der Waals surface area contributed by atoms with Crippen molar-refractivity contribution in [2.75, 3.05) is 0 Å². The van der Waals surface area contributed by atoms with Crippen molar-refractivity contribution in [1.82, 2.24) is 4.57 Å². The molecule has 0 spiro atoms. The molecule has 0 saturated carbocycles. The molecule has 0 unspecified atom stereocenters. The molecular formula is C21H15F3N4O2. The number of halogens is 3. The standard InChI is InChI=1S/C21H15F3N4O2/c1-13-15(11-25)19(29)28(12-14-7-3-2-4-8-14)20(30)18(13)27-26-17-10-6-5-9-16(17)21(22,23)24/h2-10,29H,12H2,1H3. The molecule has 0 bridgehead atoms. The topological polar surface area (TPSA) is 90.7 Å². The Hall–Kier alpha value is -3.93. The third-order valence-electron chi connectivity index (χ3n) is 4.42. The monoisotopic (exact) mass is 412 g/mol. The van der Waals surface area contributed by atoms with Gasteiger partial charge in [0.2, 0.25) is 5.88 Å². The van der Waals surface area contributed by atoms with Crippen molar-refractivity contribution in [1.29, 1.82) is 5.26 Å². The molecule has 1 N–H and O–H groups in total. The predicted octanol–water partition coefficient (Wildman–Crippen LogP) is 5.22. The largest absolute Gasteiger partial charge is 0.493 e. The third kappa shape index (κ3) is 4.07. The third-order valence-corrected chi connectivity index (χ3v) is 4.42. The molecule has 3 aromatic rings. The quantitative estimate of drug-likeness (QED) is 0.596. The van der Waals surface area contributed by atoms with Gasteiger partial charge in [-0.3, -0.25) is 9.36 Å². The van der Waals surface area contributed by atoms with Crippen molar-refractivity contribution in [2.24, 2.45) is 10.2 Å². The number of rotatable bonds is 4. The Balaban J connectivity index is 2.15. The van der Waals surface area contributed by atoms with Crippen LogP contribution in [0.15, 0.2) is 69.6 Å². The van der Waals surface area contributed by atoms with E-state index in [-0.39, 0.29) is 23.4 Å². The first kappa shape index (κ1) is 20.8. The molecule has 0 aliphatic carbocycles. The molecule has 0 atom stereocenters. The van der Waals surface area contributed by atoms with Gasteiger partial charge < -0.3 is 5.11 Å². The molecule has 0 radical (unpaired) electrons. The number of azo groups is 1. The fourth-order valence-corrected chi connectivity index (χ4v) is 2.87. The number of aromatic hydroxyl groups is 1. The molecule has 152 valence electrons. The molecule has 0 aliphatic rings. The molecule has 0 aliphatic heterocycles. The number of nitriles is 1.